The molecule has 3 aromatic rings. The Morgan fingerprint density at radius 2 is 2.04 bits per heavy atom. The SMILES string of the molecule is CC(C)(C)OC(=O)N1CCCCC1(c1cccnc1)c1ccc2[nH]ccc2c1. The third kappa shape index (κ3) is 3.26. The van der Waals surface area contributed by atoms with Crippen molar-refractivity contribution in [3.05, 3.63) is 66.1 Å². The predicted molar refractivity (Wildman–Crippen MR) is 110 cm³/mol. The number of carbonyl (C=O) groups is 1. The molecule has 0 aliphatic carbocycles. The minimum absolute atomic E-state index is 0.273. The molecule has 1 saturated heterocycles. The fourth-order valence-corrected chi connectivity index (χ4v) is 4.23. The zero-order chi connectivity index (χ0) is 19.8. The van der Waals surface area contributed by atoms with Crippen molar-refractivity contribution in [3.8, 4) is 0 Å². The molecule has 1 fully saturated rings. The zero-order valence-corrected chi connectivity index (χ0v) is 16.7. The first-order valence-electron chi connectivity index (χ1n) is 9.89. The van der Waals surface area contributed by atoms with Crippen LogP contribution in [0.5, 0.6) is 0 Å². The molecule has 4 rings (SSSR count). The molecule has 0 bridgehead atoms. The molecule has 5 nitrogen and oxygen atoms in total. The van der Waals surface area contributed by atoms with Gasteiger partial charge in [0.25, 0.3) is 0 Å². The van der Waals surface area contributed by atoms with Crippen molar-refractivity contribution >= 4 is 17.0 Å². The van der Waals surface area contributed by atoms with Crippen molar-refractivity contribution < 1.29 is 9.53 Å². The van der Waals surface area contributed by atoms with Gasteiger partial charge in [-0.25, -0.2) is 4.79 Å². The van der Waals surface area contributed by atoms with Crippen LogP contribution in [0.15, 0.2) is 55.0 Å². The quantitative estimate of drug-likeness (QED) is 0.665. The van der Waals surface area contributed by atoms with Crippen LogP contribution in [-0.4, -0.2) is 33.1 Å². The van der Waals surface area contributed by atoms with Gasteiger partial charge in [0.2, 0.25) is 0 Å². The molecule has 1 atom stereocenters. The van der Waals surface area contributed by atoms with Gasteiger partial charge in [0.1, 0.15) is 5.60 Å². The number of H-pyrrole nitrogens is 1. The molecule has 1 N–H and O–H groups in total. The highest BCUT2D eigenvalue weighted by Gasteiger charge is 2.46. The number of aromatic amines is 1. The van der Waals surface area contributed by atoms with E-state index in [0.717, 1.165) is 41.3 Å². The van der Waals surface area contributed by atoms with E-state index in [-0.39, 0.29) is 6.09 Å². The Hall–Kier alpha value is -2.82. The molecule has 3 heterocycles. The van der Waals surface area contributed by atoms with Gasteiger partial charge < -0.3 is 9.72 Å². The fourth-order valence-electron chi connectivity index (χ4n) is 4.23. The number of nitrogens with one attached hydrogen (secondary N) is 1. The summed E-state index contributed by atoms with van der Waals surface area (Å²) in [7, 11) is 0. The van der Waals surface area contributed by atoms with Gasteiger partial charge in [-0.1, -0.05) is 12.1 Å². The summed E-state index contributed by atoms with van der Waals surface area (Å²) in [5, 5.41) is 1.13. The molecule has 1 aliphatic heterocycles. The van der Waals surface area contributed by atoms with Crippen LogP contribution in [0.2, 0.25) is 0 Å². The van der Waals surface area contributed by atoms with Crippen molar-refractivity contribution in [1.82, 2.24) is 14.9 Å². The molecular weight excluding hydrogens is 350 g/mol. The van der Waals surface area contributed by atoms with Gasteiger partial charge in [-0.3, -0.25) is 9.88 Å². The second kappa shape index (κ2) is 6.97. The number of amides is 1. The Balaban J connectivity index is 1.89. The van der Waals surface area contributed by atoms with Gasteiger partial charge in [0, 0.05) is 36.2 Å². The molecule has 0 spiro atoms. The van der Waals surface area contributed by atoms with E-state index >= 15 is 0 Å². The molecule has 2 aromatic heterocycles. The standard InChI is InChI=1S/C23H27N3O2/c1-22(2,3)28-21(27)26-14-5-4-11-23(26,19-7-6-12-24-16-19)18-8-9-20-17(15-18)10-13-25-20/h6-10,12-13,15-16,25H,4-5,11,14H2,1-3H3. The van der Waals surface area contributed by atoms with Crippen LogP contribution in [0.4, 0.5) is 4.79 Å². The van der Waals surface area contributed by atoms with Crippen LogP contribution in [0.1, 0.15) is 51.2 Å². The van der Waals surface area contributed by atoms with Crippen LogP contribution in [0, 0.1) is 0 Å². The minimum atomic E-state index is -0.583. The molecule has 5 heteroatoms. The first-order chi connectivity index (χ1) is 13.4. The van der Waals surface area contributed by atoms with Crippen molar-refractivity contribution in [3.63, 3.8) is 0 Å². The van der Waals surface area contributed by atoms with Gasteiger partial charge >= 0.3 is 6.09 Å². The average Bonchev–Trinajstić information content (AvgIpc) is 3.15. The maximum atomic E-state index is 13.3. The van der Waals surface area contributed by atoms with E-state index in [1.54, 1.807) is 6.20 Å². The lowest BCUT2D eigenvalue weighted by atomic mass is 9.75. The number of piperidine rings is 1. The molecule has 1 aromatic carbocycles. The Kier molecular flexibility index (Phi) is 4.61. The van der Waals surface area contributed by atoms with Crippen LogP contribution in [-0.2, 0) is 10.3 Å². The zero-order valence-electron chi connectivity index (χ0n) is 16.7. The molecular formula is C23H27N3O2. The van der Waals surface area contributed by atoms with Crippen molar-refractivity contribution in [2.75, 3.05) is 6.54 Å². The maximum absolute atomic E-state index is 13.3. The van der Waals surface area contributed by atoms with Crippen molar-refractivity contribution in [2.24, 2.45) is 0 Å². The number of fused-ring (bicyclic) bond motifs is 1. The Morgan fingerprint density at radius 1 is 1.18 bits per heavy atom. The largest absolute Gasteiger partial charge is 0.444 e. The van der Waals surface area contributed by atoms with Gasteiger partial charge in [0.15, 0.2) is 0 Å². The number of pyridine rings is 1. The summed E-state index contributed by atoms with van der Waals surface area (Å²) >= 11 is 0. The first-order valence-corrected chi connectivity index (χ1v) is 9.89. The van der Waals surface area contributed by atoms with E-state index in [4.69, 9.17) is 4.74 Å². The normalized spacial score (nSPS) is 20.3. The molecule has 146 valence electrons. The van der Waals surface area contributed by atoms with Crippen molar-refractivity contribution in [2.45, 2.75) is 51.2 Å². The summed E-state index contributed by atoms with van der Waals surface area (Å²) in [4.78, 5) is 22.8. The predicted octanol–water partition coefficient (Wildman–Crippen LogP) is 5.23. The topological polar surface area (TPSA) is 58.2 Å². The molecule has 1 unspecified atom stereocenters. The summed E-state index contributed by atoms with van der Waals surface area (Å²) in [6.45, 7) is 6.39. The van der Waals surface area contributed by atoms with Gasteiger partial charge in [-0.05, 0) is 75.2 Å². The number of rotatable bonds is 2. The smallest absolute Gasteiger partial charge is 0.411 e. The summed E-state index contributed by atoms with van der Waals surface area (Å²) in [6.07, 6.45) is 8.17. The highest BCUT2D eigenvalue weighted by atomic mass is 16.6. The summed E-state index contributed by atoms with van der Waals surface area (Å²) in [5.41, 5.74) is 2.08. The van der Waals surface area contributed by atoms with E-state index in [2.05, 4.69) is 40.3 Å². The van der Waals surface area contributed by atoms with Gasteiger partial charge in [-0.2, -0.15) is 0 Å². The van der Waals surface area contributed by atoms with Gasteiger partial charge in [0.05, 0.1) is 5.54 Å². The number of ether oxygens (including phenoxy) is 1. The average molecular weight is 377 g/mol. The summed E-state index contributed by atoms with van der Waals surface area (Å²) in [5.74, 6) is 0. The third-order valence-electron chi connectivity index (χ3n) is 5.41. The highest BCUT2D eigenvalue weighted by molar-refractivity contribution is 5.81. The van der Waals surface area contributed by atoms with E-state index in [0.29, 0.717) is 6.54 Å². The van der Waals surface area contributed by atoms with E-state index in [1.807, 2.05) is 44.1 Å². The van der Waals surface area contributed by atoms with Crippen LogP contribution >= 0.6 is 0 Å². The van der Waals surface area contributed by atoms with E-state index in [9.17, 15) is 4.79 Å². The van der Waals surface area contributed by atoms with Crippen LogP contribution < -0.4 is 0 Å². The number of hydrogen-bond donors (Lipinski definition) is 1. The molecule has 0 radical (unpaired) electrons. The molecule has 1 amide bonds. The van der Waals surface area contributed by atoms with E-state index in [1.165, 1.54) is 0 Å². The Bertz CT molecular complexity index is 974. The number of likely N-dealkylation sites (tertiary alicyclic amines) is 1. The lowest BCUT2D eigenvalue weighted by Crippen LogP contribution is -2.54. The first kappa shape index (κ1) is 18.5. The second-order valence-electron chi connectivity index (χ2n) is 8.47. The lowest BCUT2D eigenvalue weighted by Gasteiger charge is -2.47. The third-order valence-corrected chi connectivity index (χ3v) is 5.41. The Labute approximate surface area is 165 Å². The lowest BCUT2D eigenvalue weighted by molar-refractivity contribution is -0.00705. The molecule has 1 aliphatic rings. The summed E-state index contributed by atoms with van der Waals surface area (Å²) < 4.78 is 5.81. The minimum Gasteiger partial charge on any atom is -0.444 e. The molecule has 28 heavy (non-hydrogen) atoms. The number of carbonyl (C=O) groups excluding carboxylic acids is 1. The summed E-state index contributed by atoms with van der Waals surface area (Å²) in [6, 6.07) is 12.5. The van der Waals surface area contributed by atoms with Crippen LogP contribution in [0.25, 0.3) is 10.9 Å². The maximum Gasteiger partial charge on any atom is 0.411 e. The van der Waals surface area contributed by atoms with Crippen LogP contribution in [0.3, 0.4) is 0 Å². The Morgan fingerprint density at radius 3 is 2.79 bits per heavy atom. The monoisotopic (exact) mass is 377 g/mol. The number of hydrogen-bond acceptors (Lipinski definition) is 3. The van der Waals surface area contributed by atoms with E-state index < -0.39 is 11.1 Å². The highest BCUT2D eigenvalue weighted by Crippen LogP contribution is 2.44. The number of nitrogens with zero attached hydrogens (tertiary/aromatic N) is 2. The number of aromatic nitrogens is 2. The van der Waals surface area contributed by atoms with Gasteiger partial charge in [-0.15, -0.1) is 0 Å². The van der Waals surface area contributed by atoms with Crippen molar-refractivity contribution in [1.29, 1.82) is 0 Å². The fraction of sp³-hybridized carbons (Fsp3) is 0.391. The molecule has 0 saturated carbocycles. The second-order valence-corrected chi connectivity index (χ2v) is 8.47. The number of benzene rings is 1.